The highest BCUT2D eigenvalue weighted by atomic mass is 32.2. The van der Waals surface area contributed by atoms with Gasteiger partial charge >= 0.3 is 0 Å². The van der Waals surface area contributed by atoms with E-state index in [-0.39, 0.29) is 17.2 Å². The molecule has 2 unspecified atom stereocenters. The third-order valence-corrected chi connectivity index (χ3v) is 4.41. The van der Waals surface area contributed by atoms with Crippen LogP contribution in [0.2, 0.25) is 0 Å². The Hall–Kier alpha value is -1.27. The molecule has 0 spiro atoms. The van der Waals surface area contributed by atoms with Crippen molar-refractivity contribution in [3.8, 4) is 0 Å². The van der Waals surface area contributed by atoms with E-state index in [1.165, 1.54) is 6.07 Å². The second-order valence-corrected chi connectivity index (χ2v) is 6.78. The highest BCUT2D eigenvalue weighted by Crippen LogP contribution is 2.34. The van der Waals surface area contributed by atoms with Crippen LogP contribution < -0.4 is 4.90 Å². The third-order valence-electron chi connectivity index (χ3n) is 3.18. The van der Waals surface area contributed by atoms with E-state index in [0.717, 1.165) is 13.1 Å². The Bertz CT molecular complexity index is 471. The summed E-state index contributed by atoms with van der Waals surface area (Å²) in [5.74, 6) is 0. The predicted molar refractivity (Wildman–Crippen MR) is 77.7 cm³/mol. The van der Waals surface area contributed by atoms with Gasteiger partial charge in [-0.1, -0.05) is 19.9 Å². The Morgan fingerprint density at radius 3 is 2.58 bits per heavy atom. The number of nitro groups is 1. The van der Waals surface area contributed by atoms with Crippen molar-refractivity contribution in [1.82, 2.24) is 0 Å². The Labute approximate surface area is 116 Å². The van der Waals surface area contributed by atoms with E-state index in [0.29, 0.717) is 21.8 Å². The van der Waals surface area contributed by atoms with E-state index < -0.39 is 0 Å². The van der Waals surface area contributed by atoms with Crippen molar-refractivity contribution in [2.75, 3.05) is 18.0 Å². The Balaban J connectivity index is 2.35. The number of hydrogen-bond donors (Lipinski definition) is 1. The number of rotatable bonds is 3. The number of aliphatic hydroxyl groups is 1. The van der Waals surface area contributed by atoms with E-state index in [1.54, 1.807) is 12.1 Å². The van der Waals surface area contributed by atoms with E-state index in [9.17, 15) is 10.1 Å². The van der Waals surface area contributed by atoms with Gasteiger partial charge in [-0.2, -0.15) is 11.8 Å². The molecule has 1 aromatic carbocycles. The number of nitro benzene ring substituents is 1. The number of aliphatic hydroxyl groups excluding tert-OH is 1. The van der Waals surface area contributed by atoms with Gasteiger partial charge in [-0.15, -0.1) is 0 Å². The second kappa shape index (κ2) is 5.79. The van der Waals surface area contributed by atoms with Gasteiger partial charge in [-0.05, 0) is 11.6 Å². The minimum Gasteiger partial charge on any atom is -0.392 e. The van der Waals surface area contributed by atoms with Gasteiger partial charge in [-0.25, -0.2) is 0 Å². The minimum atomic E-state index is -0.369. The van der Waals surface area contributed by atoms with Crippen molar-refractivity contribution in [3.63, 3.8) is 0 Å². The molecule has 6 heteroatoms. The number of thioether (sulfide) groups is 1. The molecule has 19 heavy (non-hydrogen) atoms. The maximum Gasteiger partial charge on any atom is 0.292 e. The summed E-state index contributed by atoms with van der Waals surface area (Å²) in [6.45, 7) is 5.73. The molecule has 1 N–H and O–H groups in total. The normalized spacial score (nSPS) is 23.4. The molecule has 1 fully saturated rings. The van der Waals surface area contributed by atoms with E-state index in [2.05, 4.69) is 18.7 Å². The van der Waals surface area contributed by atoms with Crippen LogP contribution in [0, 0.1) is 10.1 Å². The van der Waals surface area contributed by atoms with Crippen molar-refractivity contribution in [3.05, 3.63) is 33.9 Å². The number of benzene rings is 1. The molecule has 0 radical (unpaired) electrons. The fourth-order valence-electron chi connectivity index (χ4n) is 2.46. The first-order valence-electron chi connectivity index (χ1n) is 6.30. The lowest BCUT2D eigenvalue weighted by Gasteiger charge is -2.35. The van der Waals surface area contributed by atoms with Crippen LogP contribution in [0.5, 0.6) is 0 Å². The Morgan fingerprint density at radius 2 is 2.05 bits per heavy atom. The largest absolute Gasteiger partial charge is 0.392 e. The zero-order valence-electron chi connectivity index (χ0n) is 11.1. The van der Waals surface area contributed by atoms with Crippen LogP contribution in [-0.2, 0) is 6.61 Å². The third kappa shape index (κ3) is 3.19. The molecule has 0 aliphatic carbocycles. The fourth-order valence-corrected chi connectivity index (χ4v) is 3.78. The first-order chi connectivity index (χ1) is 9.01. The van der Waals surface area contributed by atoms with Crippen molar-refractivity contribution >= 4 is 23.1 Å². The molecule has 0 amide bonds. The summed E-state index contributed by atoms with van der Waals surface area (Å²) < 4.78 is 0. The lowest BCUT2D eigenvalue weighted by Crippen LogP contribution is -2.40. The summed E-state index contributed by atoms with van der Waals surface area (Å²) in [7, 11) is 0. The molecule has 2 rings (SSSR count). The molecule has 2 atom stereocenters. The highest BCUT2D eigenvalue weighted by Gasteiger charge is 2.27. The smallest absolute Gasteiger partial charge is 0.292 e. The second-order valence-electron chi connectivity index (χ2n) is 4.90. The molecule has 5 nitrogen and oxygen atoms in total. The summed E-state index contributed by atoms with van der Waals surface area (Å²) in [6.07, 6.45) is 0. The summed E-state index contributed by atoms with van der Waals surface area (Å²) in [5, 5.41) is 21.2. The molecule has 1 heterocycles. The quantitative estimate of drug-likeness (QED) is 0.681. The van der Waals surface area contributed by atoms with Crippen LogP contribution in [0.3, 0.4) is 0 Å². The van der Waals surface area contributed by atoms with Crippen LogP contribution in [0.1, 0.15) is 19.4 Å². The van der Waals surface area contributed by atoms with Crippen LogP contribution >= 0.6 is 11.8 Å². The van der Waals surface area contributed by atoms with E-state index >= 15 is 0 Å². The fraction of sp³-hybridized carbons (Fsp3) is 0.538. The van der Waals surface area contributed by atoms with Gasteiger partial charge in [0.1, 0.15) is 5.69 Å². The SMILES string of the molecule is CC1CN(c2ccc(CO)cc2[N+](=O)[O-])CC(C)S1. The molecule has 1 saturated heterocycles. The predicted octanol–water partition coefficient (Wildman–Crippen LogP) is 2.42. The first kappa shape index (κ1) is 14.1. The van der Waals surface area contributed by atoms with Gasteiger partial charge in [0.05, 0.1) is 11.5 Å². The lowest BCUT2D eigenvalue weighted by atomic mass is 10.1. The van der Waals surface area contributed by atoms with Gasteiger partial charge in [0.15, 0.2) is 0 Å². The molecular weight excluding hydrogens is 264 g/mol. The van der Waals surface area contributed by atoms with Gasteiger partial charge in [0, 0.05) is 29.7 Å². The molecule has 1 aliphatic heterocycles. The van der Waals surface area contributed by atoms with Crippen molar-refractivity contribution in [1.29, 1.82) is 0 Å². The topological polar surface area (TPSA) is 66.6 Å². The van der Waals surface area contributed by atoms with Gasteiger partial charge in [0.25, 0.3) is 5.69 Å². The Morgan fingerprint density at radius 1 is 1.42 bits per heavy atom. The van der Waals surface area contributed by atoms with Gasteiger partial charge in [0.2, 0.25) is 0 Å². The number of anilines is 1. The maximum absolute atomic E-state index is 11.2. The molecule has 1 aromatic rings. The average Bonchev–Trinajstić information content (AvgIpc) is 2.36. The average molecular weight is 282 g/mol. The molecule has 0 aromatic heterocycles. The van der Waals surface area contributed by atoms with Crippen molar-refractivity contribution < 1.29 is 10.0 Å². The molecule has 0 bridgehead atoms. The molecule has 1 aliphatic rings. The van der Waals surface area contributed by atoms with Crippen LogP contribution in [-0.4, -0.2) is 33.6 Å². The first-order valence-corrected chi connectivity index (χ1v) is 7.24. The highest BCUT2D eigenvalue weighted by molar-refractivity contribution is 8.00. The lowest BCUT2D eigenvalue weighted by molar-refractivity contribution is -0.384. The summed E-state index contributed by atoms with van der Waals surface area (Å²) in [5.41, 5.74) is 1.31. The van der Waals surface area contributed by atoms with Gasteiger partial charge in [-0.3, -0.25) is 10.1 Å². The van der Waals surface area contributed by atoms with E-state index in [4.69, 9.17) is 5.11 Å². The molecule has 0 saturated carbocycles. The molecular formula is C13H18N2O3S. The van der Waals surface area contributed by atoms with Crippen molar-refractivity contribution in [2.45, 2.75) is 31.0 Å². The molecule has 104 valence electrons. The number of hydrogen-bond acceptors (Lipinski definition) is 5. The van der Waals surface area contributed by atoms with Gasteiger partial charge < -0.3 is 10.0 Å². The standard InChI is InChI=1S/C13H18N2O3S/c1-9-6-14(7-10(2)19-9)12-4-3-11(8-16)5-13(12)15(17)18/h3-5,9-10,16H,6-8H2,1-2H3. The Kier molecular flexibility index (Phi) is 4.31. The van der Waals surface area contributed by atoms with Crippen LogP contribution in [0.15, 0.2) is 18.2 Å². The summed E-state index contributed by atoms with van der Waals surface area (Å²) >= 11 is 1.91. The zero-order valence-corrected chi connectivity index (χ0v) is 11.9. The maximum atomic E-state index is 11.2. The minimum absolute atomic E-state index is 0.0813. The number of nitrogens with zero attached hydrogens (tertiary/aromatic N) is 2. The van der Waals surface area contributed by atoms with Crippen LogP contribution in [0.25, 0.3) is 0 Å². The summed E-state index contributed by atoms with van der Waals surface area (Å²) in [6, 6.07) is 4.96. The summed E-state index contributed by atoms with van der Waals surface area (Å²) in [4.78, 5) is 12.9. The van der Waals surface area contributed by atoms with E-state index in [1.807, 2.05) is 11.8 Å². The van der Waals surface area contributed by atoms with Crippen LogP contribution in [0.4, 0.5) is 11.4 Å². The monoisotopic (exact) mass is 282 g/mol. The zero-order chi connectivity index (χ0) is 14.0. The van der Waals surface area contributed by atoms with Crippen molar-refractivity contribution in [2.24, 2.45) is 0 Å².